The van der Waals surface area contributed by atoms with E-state index in [1.165, 1.54) is 33.7 Å². The van der Waals surface area contributed by atoms with Gasteiger partial charge in [0.25, 0.3) is 11.5 Å². The van der Waals surface area contributed by atoms with Crippen molar-refractivity contribution in [3.8, 4) is 0 Å². The second-order valence-electron chi connectivity index (χ2n) is 7.50. The molecule has 1 saturated carbocycles. The first-order valence-corrected chi connectivity index (χ1v) is 11.0. The summed E-state index contributed by atoms with van der Waals surface area (Å²) < 4.78 is 1.17. The molecule has 0 bridgehead atoms. The molecule has 0 saturated heterocycles. The molecule has 0 spiro atoms. The van der Waals surface area contributed by atoms with Gasteiger partial charge in [0, 0.05) is 16.2 Å². The minimum atomic E-state index is -0.342. The van der Waals surface area contributed by atoms with Crippen LogP contribution in [0.15, 0.2) is 11.1 Å². The van der Waals surface area contributed by atoms with E-state index >= 15 is 0 Å². The summed E-state index contributed by atoms with van der Waals surface area (Å²) in [5.74, 6) is 0.981. The number of carbonyl (C=O) groups excluding carboxylic acids is 1. The molecule has 1 aliphatic rings. The van der Waals surface area contributed by atoms with Crippen molar-refractivity contribution in [1.82, 2.24) is 19.6 Å². The summed E-state index contributed by atoms with van der Waals surface area (Å²) >= 11 is 2.83. The van der Waals surface area contributed by atoms with Crippen molar-refractivity contribution in [2.45, 2.75) is 46.5 Å². The first-order valence-electron chi connectivity index (χ1n) is 9.41. The van der Waals surface area contributed by atoms with Gasteiger partial charge in [-0.3, -0.25) is 15.0 Å². The molecule has 148 valence electrons. The fraction of sp³-hybridized carbons (Fsp3) is 0.350. The zero-order valence-electron chi connectivity index (χ0n) is 16.5. The van der Waals surface area contributed by atoms with Gasteiger partial charge in [-0.15, -0.1) is 22.7 Å². The number of aryl methyl sites for hydroxylation is 4. The fourth-order valence-corrected chi connectivity index (χ4v) is 5.69. The topological polar surface area (TPSA) is 89.8 Å². The molecule has 0 aliphatic heterocycles. The van der Waals surface area contributed by atoms with Gasteiger partial charge in [-0.25, -0.2) is 19.6 Å². The lowest BCUT2D eigenvalue weighted by Crippen LogP contribution is -2.33. The molecule has 0 radical (unpaired) electrons. The smallest absolute Gasteiger partial charge is 0.267 e. The molecular weight excluding hydrogens is 406 g/mol. The van der Waals surface area contributed by atoms with Gasteiger partial charge in [0.05, 0.1) is 16.0 Å². The monoisotopic (exact) mass is 425 g/mol. The molecule has 0 aromatic carbocycles. The van der Waals surface area contributed by atoms with Crippen molar-refractivity contribution >= 4 is 49.0 Å². The van der Waals surface area contributed by atoms with Crippen LogP contribution in [0.5, 0.6) is 0 Å². The van der Waals surface area contributed by atoms with Crippen LogP contribution in [0.2, 0.25) is 0 Å². The van der Waals surface area contributed by atoms with Crippen LogP contribution in [0.25, 0.3) is 20.4 Å². The number of carbonyl (C=O) groups is 1. The molecule has 4 heterocycles. The van der Waals surface area contributed by atoms with Gasteiger partial charge in [0.15, 0.2) is 0 Å². The number of fused-ring (bicyclic) bond motifs is 2. The third-order valence-corrected chi connectivity index (χ3v) is 7.75. The van der Waals surface area contributed by atoms with E-state index < -0.39 is 0 Å². The number of rotatable bonds is 3. The lowest BCUT2D eigenvalue weighted by atomic mass is 10.1. The minimum Gasteiger partial charge on any atom is -0.267 e. The number of hydrogen-bond acceptors (Lipinski definition) is 7. The van der Waals surface area contributed by atoms with Crippen LogP contribution in [-0.4, -0.2) is 25.5 Å². The summed E-state index contributed by atoms with van der Waals surface area (Å²) in [5.41, 5.74) is 5.07. The summed E-state index contributed by atoms with van der Waals surface area (Å²) in [6, 6.07) is 0. The highest BCUT2D eigenvalue weighted by molar-refractivity contribution is 7.20. The van der Waals surface area contributed by atoms with E-state index in [4.69, 9.17) is 0 Å². The molecule has 1 fully saturated rings. The Bertz CT molecular complexity index is 1380. The van der Waals surface area contributed by atoms with Gasteiger partial charge in [-0.1, -0.05) is 0 Å². The summed E-state index contributed by atoms with van der Waals surface area (Å²) in [4.78, 5) is 42.6. The maximum absolute atomic E-state index is 13.0. The van der Waals surface area contributed by atoms with Crippen molar-refractivity contribution in [2.24, 2.45) is 0 Å². The molecule has 4 aromatic rings. The predicted molar refractivity (Wildman–Crippen MR) is 116 cm³/mol. The standard InChI is InChI=1S/C20H19N5O2S2/c1-8-11(4)28-18-14(8)20(27)25(7-21-18)24-17(26)15-9(2)13-10(3)22-16(12-5-6-12)23-19(13)29-15/h7,12H,5-6H2,1-4H3,(H,24,26). The average molecular weight is 426 g/mol. The highest BCUT2D eigenvalue weighted by Crippen LogP contribution is 2.40. The van der Waals surface area contributed by atoms with Crippen molar-refractivity contribution in [3.05, 3.63) is 49.1 Å². The Morgan fingerprint density at radius 3 is 2.55 bits per heavy atom. The minimum absolute atomic E-state index is 0.268. The molecule has 0 unspecified atom stereocenters. The zero-order valence-corrected chi connectivity index (χ0v) is 18.1. The molecule has 7 nitrogen and oxygen atoms in total. The van der Waals surface area contributed by atoms with Crippen molar-refractivity contribution in [1.29, 1.82) is 0 Å². The molecule has 1 N–H and O–H groups in total. The SMILES string of the molecule is Cc1sc2ncn(NC(=O)c3sc4nc(C5CC5)nc(C)c4c3C)c(=O)c2c1C. The van der Waals surface area contributed by atoms with Crippen LogP contribution in [-0.2, 0) is 0 Å². The molecule has 1 aliphatic carbocycles. The van der Waals surface area contributed by atoms with Crippen molar-refractivity contribution < 1.29 is 4.79 Å². The van der Waals surface area contributed by atoms with Gasteiger partial charge in [0.1, 0.15) is 21.8 Å². The van der Waals surface area contributed by atoms with Crippen molar-refractivity contribution in [2.75, 3.05) is 5.43 Å². The number of thiophene rings is 2. The second-order valence-corrected chi connectivity index (χ2v) is 9.70. The Hall–Kier alpha value is -2.65. The Morgan fingerprint density at radius 2 is 1.83 bits per heavy atom. The van der Waals surface area contributed by atoms with Crippen LogP contribution in [0.4, 0.5) is 0 Å². The maximum atomic E-state index is 13.0. The normalized spacial score (nSPS) is 14.1. The molecule has 1 amide bonds. The highest BCUT2D eigenvalue weighted by Gasteiger charge is 2.28. The first kappa shape index (κ1) is 18.4. The van der Waals surface area contributed by atoms with Crippen LogP contribution >= 0.6 is 22.7 Å². The summed E-state index contributed by atoms with van der Waals surface area (Å²) in [6.07, 6.45) is 3.63. The lowest BCUT2D eigenvalue weighted by molar-refractivity contribution is 0.101. The number of nitrogens with one attached hydrogen (secondary N) is 1. The number of nitrogens with zero attached hydrogens (tertiary/aromatic N) is 4. The van der Waals surface area contributed by atoms with Crippen LogP contribution in [0.3, 0.4) is 0 Å². The Morgan fingerprint density at radius 1 is 1.07 bits per heavy atom. The third kappa shape index (κ3) is 2.87. The first-order chi connectivity index (χ1) is 13.8. The van der Waals surface area contributed by atoms with Crippen LogP contribution < -0.4 is 11.0 Å². The molecule has 4 aromatic heterocycles. The van der Waals surface area contributed by atoms with E-state index in [0.29, 0.717) is 21.0 Å². The van der Waals surface area contributed by atoms with E-state index in [-0.39, 0.29) is 11.5 Å². The van der Waals surface area contributed by atoms with Crippen molar-refractivity contribution in [3.63, 3.8) is 0 Å². The third-order valence-electron chi connectivity index (χ3n) is 5.45. The quantitative estimate of drug-likeness (QED) is 0.537. The molecular formula is C20H19N5O2S2. The Kier molecular flexibility index (Phi) is 4.08. The predicted octanol–water partition coefficient (Wildman–Crippen LogP) is 3.96. The Labute approximate surface area is 174 Å². The van der Waals surface area contributed by atoms with Gasteiger partial charge >= 0.3 is 0 Å². The summed E-state index contributed by atoms with van der Waals surface area (Å²) in [7, 11) is 0. The number of amides is 1. The van der Waals surface area contributed by atoms with E-state index in [1.54, 1.807) is 0 Å². The van der Waals surface area contributed by atoms with Gasteiger partial charge < -0.3 is 0 Å². The van der Waals surface area contributed by atoms with E-state index in [1.807, 2.05) is 27.7 Å². The average Bonchev–Trinajstić information content (AvgIpc) is 3.41. The van der Waals surface area contributed by atoms with E-state index in [9.17, 15) is 9.59 Å². The number of hydrogen-bond donors (Lipinski definition) is 1. The lowest BCUT2D eigenvalue weighted by Gasteiger charge is -2.07. The highest BCUT2D eigenvalue weighted by atomic mass is 32.1. The number of aromatic nitrogens is 4. The second kappa shape index (κ2) is 6.43. The fourth-order valence-electron chi connectivity index (χ4n) is 3.58. The Balaban J connectivity index is 1.55. The van der Waals surface area contributed by atoms with Gasteiger partial charge in [-0.05, 0) is 51.7 Å². The molecule has 29 heavy (non-hydrogen) atoms. The maximum Gasteiger partial charge on any atom is 0.281 e. The molecule has 5 rings (SSSR count). The van der Waals surface area contributed by atoms with Crippen LogP contribution in [0, 0.1) is 27.7 Å². The van der Waals surface area contributed by atoms with Gasteiger partial charge in [-0.2, -0.15) is 0 Å². The van der Waals surface area contributed by atoms with Gasteiger partial charge in [0.2, 0.25) is 0 Å². The van der Waals surface area contributed by atoms with Crippen LogP contribution in [0.1, 0.15) is 56.0 Å². The largest absolute Gasteiger partial charge is 0.281 e. The summed E-state index contributed by atoms with van der Waals surface area (Å²) in [5, 5.41) is 1.48. The molecule has 9 heteroatoms. The molecule has 0 atom stereocenters. The van der Waals surface area contributed by atoms with E-state index in [0.717, 1.165) is 50.6 Å². The van der Waals surface area contributed by atoms with E-state index in [2.05, 4.69) is 20.4 Å². The zero-order chi connectivity index (χ0) is 20.4. The summed E-state index contributed by atoms with van der Waals surface area (Å²) in [6.45, 7) is 7.72.